The Morgan fingerprint density at radius 1 is 1.15 bits per heavy atom. The van der Waals surface area contributed by atoms with Gasteiger partial charge in [0, 0.05) is 42.8 Å². The summed E-state index contributed by atoms with van der Waals surface area (Å²) >= 11 is 0. The summed E-state index contributed by atoms with van der Waals surface area (Å²) < 4.78 is 27.2. The van der Waals surface area contributed by atoms with E-state index in [-0.39, 0.29) is 29.1 Å². The molecule has 0 radical (unpaired) electrons. The van der Waals surface area contributed by atoms with E-state index in [0.717, 1.165) is 12.8 Å². The highest BCUT2D eigenvalue weighted by Crippen LogP contribution is 2.38. The first-order chi connectivity index (χ1) is 16.1. The maximum absolute atomic E-state index is 15.3. The summed E-state index contributed by atoms with van der Waals surface area (Å²) in [4.78, 5) is 39.8. The molecule has 2 atom stereocenters. The van der Waals surface area contributed by atoms with Gasteiger partial charge in [-0.1, -0.05) is 0 Å². The number of aromatic carboxylic acids is 1. The van der Waals surface area contributed by atoms with Crippen LogP contribution in [-0.2, 0) is 6.54 Å². The van der Waals surface area contributed by atoms with Crippen molar-refractivity contribution in [3.05, 3.63) is 62.1 Å². The minimum atomic E-state index is -1.31. The van der Waals surface area contributed by atoms with Crippen molar-refractivity contribution in [1.82, 2.24) is 9.47 Å². The number of pyridine rings is 1. The molecule has 1 N–H and O–H groups in total. The zero-order chi connectivity index (χ0) is 24.3. The van der Waals surface area contributed by atoms with E-state index in [9.17, 15) is 19.5 Å². The van der Waals surface area contributed by atoms with Gasteiger partial charge >= 0.3 is 11.8 Å². The van der Waals surface area contributed by atoms with Crippen LogP contribution in [0.4, 0.5) is 10.1 Å². The highest BCUT2D eigenvalue weighted by Gasteiger charge is 2.33. The highest BCUT2D eigenvalue weighted by molar-refractivity contribution is 5.93. The van der Waals surface area contributed by atoms with Crippen molar-refractivity contribution in [2.24, 2.45) is 0 Å². The number of carbonyl (C=O) groups is 1. The summed E-state index contributed by atoms with van der Waals surface area (Å²) in [6.45, 7) is 7.19. The zero-order valence-electron chi connectivity index (χ0n) is 19.2. The van der Waals surface area contributed by atoms with Crippen LogP contribution in [0.15, 0.2) is 36.8 Å². The summed E-state index contributed by atoms with van der Waals surface area (Å²) in [5.41, 5.74) is -0.0850. The molecule has 1 saturated carbocycles. The zero-order valence-corrected chi connectivity index (χ0v) is 19.2. The van der Waals surface area contributed by atoms with Crippen molar-refractivity contribution in [2.75, 3.05) is 18.0 Å². The van der Waals surface area contributed by atoms with E-state index in [1.54, 1.807) is 17.6 Å². The van der Waals surface area contributed by atoms with Crippen LogP contribution in [0, 0.1) is 12.7 Å². The Bertz CT molecular complexity index is 1390. The Balaban J connectivity index is 1.49. The Morgan fingerprint density at radius 3 is 2.38 bits per heavy atom. The number of rotatable bonds is 5. The molecule has 0 amide bonds. The van der Waals surface area contributed by atoms with Gasteiger partial charge in [-0.3, -0.25) is 9.69 Å². The van der Waals surface area contributed by atoms with Crippen LogP contribution in [0.1, 0.15) is 54.6 Å². The molecule has 180 valence electrons. The highest BCUT2D eigenvalue weighted by atomic mass is 19.1. The lowest BCUT2D eigenvalue weighted by molar-refractivity contribution is 0.0695. The molecule has 1 saturated heterocycles. The molecule has 0 bridgehead atoms. The fourth-order valence-corrected chi connectivity index (χ4v) is 4.96. The fraction of sp³-hybridized carbons (Fsp3) is 0.458. The number of halogens is 1. The van der Waals surface area contributed by atoms with Crippen molar-refractivity contribution in [3.63, 3.8) is 0 Å². The van der Waals surface area contributed by atoms with Gasteiger partial charge in [0.05, 0.1) is 17.7 Å². The molecule has 3 aromatic rings. The van der Waals surface area contributed by atoms with Crippen molar-refractivity contribution in [1.29, 1.82) is 0 Å². The lowest BCUT2D eigenvalue weighted by Gasteiger charge is -2.45. The van der Waals surface area contributed by atoms with Crippen molar-refractivity contribution >= 4 is 22.6 Å². The molecule has 0 spiro atoms. The van der Waals surface area contributed by atoms with E-state index in [1.165, 1.54) is 12.3 Å². The lowest BCUT2D eigenvalue weighted by atomic mass is 10.0. The molecular formula is C24H26FN3O6. The molecule has 2 aromatic heterocycles. The Labute approximate surface area is 194 Å². The van der Waals surface area contributed by atoms with Gasteiger partial charge in [-0.2, -0.15) is 0 Å². The number of carboxylic acid groups (broad SMARTS) is 1. The van der Waals surface area contributed by atoms with Crippen LogP contribution in [0.5, 0.6) is 0 Å². The van der Waals surface area contributed by atoms with Crippen molar-refractivity contribution < 1.29 is 23.1 Å². The summed E-state index contributed by atoms with van der Waals surface area (Å²) in [6, 6.07) is 2.98. The number of anilines is 1. The average molecular weight is 471 g/mol. The van der Waals surface area contributed by atoms with E-state index in [4.69, 9.17) is 8.83 Å². The third kappa shape index (κ3) is 3.81. The standard InChI is InChI=1S/C24H26FN3O6/c1-12-8-26(9-13(2)27(12)11-21-14(3)33-24(32)34-21)20-7-19-16(6-18(20)25)22(29)17(23(30)31)10-28(19)15-4-5-15/h6-7,10,12-13,15H,4-5,8-9,11H2,1-3H3,(H,30,31). The number of piperazine rings is 1. The van der Waals surface area contributed by atoms with Crippen LogP contribution < -0.4 is 16.2 Å². The quantitative estimate of drug-likeness (QED) is 0.605. The van der Waals surface area contributed by atoms with Crippen LogP contribution >= 0.6 is 0 Å². The van der Waals surface area contributed by atoms with Crippen molar-refractivity contribution in [2.45, 2.75) is 58.3 Å². The summed E-state index contributed by atoms with van der Waals surface area (Å²) in [7, 11) is 0. The van der Waals surface area contributed by atoms with E-state index in [0.29, 0.717) is 42.4 Å². The van der Waals surface area contributed by atoms with E-state index in [1.807, 2.05) is 18.7 Å². The first-order valence-corrected chi connectivity index (χ1v) is 11.4. The second-order valence-electron chi connectivity index (χ2n) is 9.35. The SMILES string of the molecule is Cc1oc(=O)oc1CN1C(C)CN(c2cc3c(cc2F)c(=O)c(C(=O)O)cn3C2CC2)CC1C. The van der Waals surface area contributed by atoms with Crippen LogP contribution in [0.3, 0.4) is 0 Å². The summed E-state index contributed by atoms with van der Waals surface area (Å²) in [6.07, 6.45) is 3.16. The molecule has 10 heteroatoms. The largest absolute Gasteiger partial charge is 0.519 e. The van der Waals surface area contributed by atoms with Gasteiger partial charge in [0.25, 0.3) is 0 Å². The average Bonchev–Trinajstić information content (AvgIpc) is 3.55. The third-order valence-electron chi connectivity index (χ3n) is 6.88. The molecule has 1 aliphatic heterocycles. The van der Waals surface area contributed by atoms with Crippen LogP contribution in [0.2, 0.25) is 0 Å². The summed E-state index contributed by atoms with van der Waals surface area (Å²) in [5.74, 6) is -1.66. The normalized spacial score (nSPS) is 21.4. The number of aromatic nitrogens is 1. The van der Waals surface area contributed by atoms with Gasteiger partial charge in [-0.25, -0.2) is 14.0 Å². The maximum Gasteiger partial charge on any atom is 0.519 e. The van der Waals surface area contributed by atoms with E-state index in [2.05, 4.69) is 4.90 Å². The lowest BCUT2D eigenvalue weighted by Crippen LogP contribution is -2.56. The van der Waals surface area contributed by atoms with Gasteiger partial charge in [0.2, 0.25) is 5.43 Å². The van der Waals surface area contributed by atoms with E-state index >= 15 is 4.39 Å². The van der Waals surface area contributed by atoms with E-state index < -0.39 is 23.0 Å². The van der Waals surface area contributed by atoms with Gasteiger partial charge in [0.15, 0.2) is 5.76 Å². The van der Waals surface area contributed by atoms with Crippen molar-refractivity contribution in [3.8, 4) is 0 Å². The second-order valence-corrected chi connectivity index (χ2v) is 9.35. The molecule has 3 heterocycles. The molecule has 34 heavy (non-hydrogen) atoms. The Kier molecular flexibility index (Phi) is 5.35. The summed E-state index contributed by atoms with van der Waals surface area (Å²) in [5, 5.41) is 9.52. The smallest absolute Gasteiger partial charge is 0.477 e. The van der Waals surface area contributed by atoms with Gasteiger partial charge in [-0.05, 0) is 45.7 Å². The molecular weight excluding hydrogens is 445 g/mol. The maximum atomic E-state index is 15.3. The van der Waals surface area contributed by atoms with Crippen LogP contribution in [0.25, 0.3) is 10.9 Å². The monoisotopic (exact) mass is 471 g/mol. The third-order valence-corrected chi connectivity index (χ3v) is 6.88. The Morgan fingerprint density at radius 2 is 1.82 bits per heavy atom. The molecule has 2 fully saturated rings. The van der Waals surface area contributed by atoms with Gasteiger partial charge in [0.1, 0.15) is 17.1 Å². The number of nitrogens with zero attached hydrogens (tertiary/aromatic N) is 3. The number of fused-ring (bicyclic) bond motifs is 1. The number of benzene rings is 1. The first kappa shape index (κ1) is 22.4. The molecule has 2 unspecified atom stereocenters. The topological polar surface area (TPSA) is 109 Å². The number of hydrogen-bond acceptors (Lipinski definition) is 7. The predicted octanol–water partition coefficient (Wildman–Crippen LogP) is 3.13. The minimum Gasteiger partial charge on any atom is -0.477 e. The first-order valence-electron chi connectivity index (χ1n) is 11.4. The molecule has 1 aliphatic carbocycles. The number of carboxylic acids is 1. The predicted molar refractivity (Wildman–Crippen MR) is 122 cm³/mol. The van der Waals surface area contributed by atoms with Gasteiger partial charge in [-0.15, -0.1) is 0 Å². The molecule has 2 aliphatic rings. The number of hydrogen-bond donors (Lipinski definition) is 1. The molecule has 5 rings (SSSR count). The number of aryl methyl sites for hydroxylation is 1. The molecule has 9 nitrogen and oxygen atoms in total. The Hall–Kier alpha value is -3.40. The minimum absolute atomic E-state index is 0.0125. The van der Waals surface area contributed by atoms with Gasteiger partial charge < -0.3 is 23.4 Å². The fourth-order valence-electron chi connectivity index (χ4n) is 4.96. The second kappa shape index (κ2) is 8.12. The van der Waals surface area contributed by atoms with Crippen LogP contribution in [-0.4, -0.2) is 45.7 Å². The molecule has 1 aromatic carbocycles.